The SMILES string of the molecule is CC(C)(CNCCCC(=O)NC1CC1)C(=O)O. The zero-order valence-corrected chi connectivity index (χ0v) is 10.6. The topological polar surface area (TPSA) is 78.4 Å². The standard InChI is InChI=1S/C12H22N2O3/c1-12(2,11(16)17)8-13-7-3-4-10(15)14-9-5-6-9/h9,13H,3-8H2,1-2H3,(H,14,15)(H,16,17). The second kappa shape index (κ2) is 6.00. The van der Waals surface area contributed by atoms with Crippen molar-refractivity contribution in [3.8, 4) is 0 Å². The molecule has 0 unspecified atom stereocenters. The van der Waals surface area contributed by atoms with E-state index in [0.717, 1.165) is 19.3 Å². The highest BCUT2D eigenvalue weighted by atomic mass is 16.4. The lowest BCUT2D eigenvalue weighted by Crippen LogP contribution is -2.36. The molecule has 3 N–H and O–H groups in total. The predicted octanol–water partition coefficient (Wildman–Crippen LogP) is 0.746. The van der Waals surface area contributed by atoms with Gasteiger partial charge in [-0.05, 0) is 39.7 Å². The van der Waals surface area contributed by atoms with Gasteiger partial charge in [0.05, 0.1) is 5.41 Å². The molecule has 1 aliphatic carbocycles. The van der Waals surface area contributed by atoms with Gasteiger partial charge in [-0.25, -0.2) is 0 Å². The van der Waals surface area contributed by atoms with Gasteiger partial charge in [-0.3, -0.25) is 9.59 Å². The van der Waals surface area contributed by atoms with Gasteiger partial charge in [0.25, 0.3) is 0 Å². The first-order valence-electron chi connectivity index (χ1n) is 6.15. The first-order valence-corrected chi connectivity index (χ1v) is 6.15. The van der Waals surface area contributed by atoms with E-state index in [2.05, 4.69) is 10.6 Å². The quantitative estimate of drug-likeness (QED) is 0.549. The highest BCUT2D eigenvalue weighted by Gasteiger charge is 2.26. The Balaban J connectivity index is 2.00. The van der Waals surface area contributed by atoms with Crippen molar-refractivity contribution >= 4 is 11.9 Å². The molecular weight excluding hydrogens is 220 g/mol. The van der Waals surface area contributed by atoms with Crippen molar-refractivity contribution in [3.05, 3.63) is 0 Å². The van der Waals surface area contributed by atoms with E-state index in [1.807, 2.05) is 0 Å². The Morgan fingerprint density at radius 3 is 2.53 bits per heavy atom. The molecule has 0 aliphatic heterocycles. The van der Waals surface area contributed by atoms with Gasteiger partial charge in [0.15, 0.2) is 0 Å². The van der Waals surface area contributed by atoms with Crippen LogP contribution in [-0.4, -0.2) is 36.1 Å². The molecule has 5 heteroatoms. The summed E-state index contributed by atoms with van der Waals surface area (Å²) in [7, 11) is 0. The van der Waals surface area contributed by atoms with Crippen molar-refractivity contribution in [2.45, 2.75) is 45.6 Å². The summed E-state index contributed by atoms with van der Waals surface area (Å²) in [4.78, 5) is 22.1. The summed E-state index contributed by atoms with van der Waals surface area (Å²) in [6, 6.07) is 0.418. The third-order valence-corrected chi connectivity index (χ3v) is 2.85. The highest BCUT2D eigenvalue weighted by Crippen LogP contribution is 2.18. The van der Waals surface area contributed by atoms with Crippen LogP contribution >= 0.6 is 0 Å². The van der Waals surface area contributed by atoms with Gasteiger partial charge >= 0.3 is 5.97 Å². The van der Waals surface area contributed by atoms with E-state index in [9.17, 15) is 9.59 Å². The average Bonchev–Trinajstić information content (AvgIpc) is 3.00. The fourth-order valence-corrected chi connectivity index (χ4v) is 1.38. The van der Waals surface area contributed by atoms with Gasteiger partial charge in [0, 0.05) is 19.0 Å². The molecule has 0 saturated heterocycles. The first-order chi connectivity index (χ1) is 7.92. The Hall–Kier alpha value is -1.10. The van der Waals surface area contributed by atoms with Crippen molar-refractivity contribution in [2.24, 2.45) is 5.41 Å². The Morgan fingerprint density at radius 1 is 1.35 bits per heavy atom. The maximum absolute atomic E-state index is 11.3. The third-order valence-electron chi connectivity index (χ3n) is 2.85. The van der Waals surface area contributed by atoms with Crippen LogP contribution in [0.25, 0.3) is 0 Å². The van der Waals surface area contributed by atoms with E-state index in [1.54, 1.807) is 13.8 Å². The average molecular weight is 242 g/mol. The highest BCUT2D eigenvalue weighted by molar-refractivity contribution is 5.76. The summed E-state index contributed by atoms with van der Waals surface area (Å²) in [5.41, 5.74) is -0.754. The summed E-state index contributed by atoms with van der Waals surface area (Å²) in [6.45, 7) is 4.46. The number of carboxylic acids is 1. The number of carbonyl (C=O) groups is 2. The van der Waals surface area contributed by atoms with E-state index in [1.165, 1.54) is 0 Å². The van der Waals surface area contributed by atoms with Crippen LogP contribution in [0.2, 0.25) is 0 Å². The van der Waals surface area contributed by atoms with Gasteiger partial charge in [0.2, 0.25) is 5.91 Å². The van der Waals surface area contributed by atoms with Gasteiger partial charge < -0.3 is 15.7 Å². The zero-order chi connectivity index (χ0) is 12.9. The Kier molecular flexibility index (Phi) is 4.93. The first kappa shape index (κ1) is 14.0. The lowest BCUT2D eigenvalue weighted by Gasteiger charge is -2.19. The maximum Gasteiger partial charge on any atom is 0.310 e. The van der Waals surface area contributed by atoms with Crippen molar-refractivity contribution in [2.75, 3.05) is 13.1 Å². The predicted molar refractivity (Wildman–Crippen MR) is 64.7 cm³/mol. The van der Waals surface area contributed by atoms with Crippen molar-refractivity contribution < 1.29 is 14.7 Å². The molecule has 5 nitrogen and oxygen atoms in total. The number of aliphatic carboxylic acids is 1. The van der Waals surface area contributed by atoms with E-state index in [-0.39, 0.29) is 5.91 Å². The largest absolute Gasteiger partial charge is 0.481 e. The molecule has 0 bridgehead atoms. The number of hydrogen-bond donors (Lipinski definition) is 3. The van der Waals surface area contributed by atoms with Gasteiger partial charge in [-0.15, -0.1) is 0 Å². The number of nitrogens with one attached hydrogen (secondary N) is 2. The monoisotopic (exact) mass is 242 g/mol. The molecule has 1 amide bonds. The van der Waals surface area contributed by atoms with Gasteiger partial charge in [0.1, 0.15) is 0 Å². The minimum Gasteiger partial charge on any atom is -0.481 e. The summed E-state index contributed by atoms with van der Waals surface area (Å²) in [5, 5.41) is 14.9. The van der Waals surface area contributed by atoms with E-state index >= 15 is 0 Å². The molecule has 0 radical (unpaired) electrons. The van der Waals surface area contributed by atoms with Crippen LogP contribution in [0.4, 0.5) is 0 Å². The molecule has 0 aromatic heterocycles. The van der Waals surface area contributed by atoms with Crippen LogP contribution < -0.4 is 10.6 Å². The van der Waals surface area contributed by atoms with Gasteiger partial charge in [-0.1, -0.05) is 0 Å². The van der Waals surface area contributed by atoms with E-state index in [0.29, 0.717) is 25.6 Å². The van der Waals surface area contributed by atoms with Crippen LogP contribution in [-0.2, 0) is 9.59 Å². The second-order valence-corrected chi connectivity index (χ2v) is 5.31. The molecule has 98 valence electrons. The minimum atomic E-state index is -0.809. The van der Waals surface area contributed by atoms with Crippen LogP contribution in [0.15, 0.2) is 0 Å². The Bertz CT molecular complexity index is 285. The number of carbonyl (C=O) groups excluding carboxylic acids is 1. The van der Waals surface area contributed by atoms with Crippen molar-refractivity contribution in [3.63, 3.8) is 0 Å². The molecule has 0 atom stereocenters. The molecule has 1 aliphatic rings. The van der Waals surface area contributed by atoms with Gasteiger partial charge in [-0.2, -0.15) is 0 Å². The lowest BCUT2D eigenvalue weighted by molar-refractivity contribution is -0.146. The summed E-state index contributed by atoms with van der Waals surface area (Å²) >= 11 is 0. The smallest absolute Gasteiger partial charge is 0.310 e. The fourth-order valence-electron chi connectivity index (χ4n) is 1.38. The third kappa shape index (κ3) is 5.68. The maximum atomic E-state index is 11.3. The second-order valence-electron chi connectivity index (χ2n) is 5.31. The molecule has 17 heavy (non-hydrogen) atoms. The number of rotatable bonds is 8. The van der Waals surface area contributed by atoms with Crippen LogP contribution in [0.5, 0.6) is 0 Å². The zero-order valence-electron chi connectivity index (χ0n) is 10.6. The van der Waals surface area contributed by atoms with Crippen molar-refractivity contribution in [1.82, 2.24) is 10.6 Å². The van der Waals surface area contributed by atoms with E-state index < -0.39 is 11.4 Å². The number of carboxylic acid groups (broad SMARTS) is 1. The number of hydrogen-bond acceptors (Lipinski definition) is 3. The van der Waals surface area contributed by atoms with Crippen LogP contribution in [0.3, 0.4) is 0 Å². The molecule has 0 aromatic carbocycles. The number of amides is 1. The van der Waals surface area contributed by atoms with Crippen molar-refractivity contribution in [1.29, 1.82) is 0 Å². The molecule has 0 spiro atoms. The lowest BCUT2D eigenvalue weighted by atomic mass is 9.94. The summed E-state index contributed by atoms with van der Waals surface area (Å²) in [5.74, 6) is -0.705. The summed E-state index contributed by atoms with van der Waals surface area (Å²) in [6.07, 6.45) is 3.47. The van der Waals surface area contributed by atoms with Crippen LogP contribution in [0.1, 0.15) is 39.5 Å². The fraction of sp³-hybridized carbons (Fsp3) is 0.833. The molecule has 0 aromatic rings. The Labute approximate surface area is 102 Å². The molecular formula is C12H22N2O3. The normalized spacial score (nSPS) is 15.6. The molecule has 1 rings (SSSR count). The Morgan fingerprint density at radius 2 is 2.00 bits per heavy atom. The van der Waals surface area contributed by atoms with E-state index in [4.69, 9.17) is 5.11 Å². The summed E-state index contributed by atoms with van der Waals surface area (Å²) < 4.78 is 0. The minimum absolute atomic E-state index is 0.104. The molecule has 1 saturated carbocycles. The van der Waals surface area contributed by atoms with Crippen LogP contribution in [0, 0.1) is 5.41 Å². The molecule has 1 fully saturated rings. The molecule has 0 heterocycles.